The molecule has 0 unspecified atom stereocenters. The van der Waals surface area contributed by atoms with Crippen LogP contribution in [0.3, 0.4) is 0 Å². The van der Waals surface area contributed by atoms with E-state index < -0.39 is 6.04 Å². The van der Waals surface area contributed by atoms with Gasteiger partial charge in [-0.3, -0.25) is 4.79 Å². The number of carbonyl (C=O) groups is 2. The van der Waals surface area contributed by atoms with Crippen LogP contribution < -0.4 is 5.32 Å². The molecule has 0 spiro atoms. The highest BCUT2D eigenvalue weighted by Gasteiger charge is 2.09. The van der Waals surface area contributed by atoms with E-state index in [9.17, 15) is 9.59 Å². The summed E-state index contributed by atoms with van der Waals surface area (Å²) in [6.07, 6.45) is 0.730. The van der Waals surface area contributed by atoms with E-state index in [1.54, 1.807) is 0 Å². The third-order valence-electron chi connectivity index (χ3n) is 1.91. The van der Waals surface area contributed by atoms with E-state index in [1.165, 1.54) is 0 Å². The van der Waals surface area contributed by atoms with Crippen molar-refractivity contribution in [3.8, 4) is 0 Å². The molecule has 0 aliphatic heterocycles. The molecule has 15 heavy (non-hydrogen) atoms. The topological polar surface area (TPSA) is 66.4 Å². The van der Waals surface area contributed by atoms with Gasteiger partial charge in [-0.1, -0.05) is 30.3 Å². The predicted molar refractivity (Wildman–Crippen MR) is 55.2 cm³/mol. The lowest BCUT2D eigenvalue weighted by molar-refractivity contribution is -0.124. The molecule has 0 heterocycles. The predicted octanol–water partition coefficient (Wildman–Crippen LogP) is -0.0949. The first-order valence-corrected chi connectivity index (χ1v) is 4.65. The number of aldehydes is 1. The maximum atomic E-state index is 11.4. The van der Waals surface area contributed by atoms with Crippen LogP contribution in [0.15, 0.2) is 30.3 Å². The first-order chi connectivity index (χ1) is 7.26. The minimum Gasteiger partial charge on any atom is -0.394 e. The van der Waals surface area contributed by atoms with Crippen LogP contribution in [0.2, 0.25) is 0 Å². The van der Waals surface area contributed by atoms with E-state index in [1.807, 2.05) is 30.3 Å². The molecule has 80 valence electrons. The fraction of sp³-hybridized carbons (Fsp3) is 0.273. The summed E-state index contributed by atoms with van der Waals surface area (Å²) in [4.78, 5) is 21.7. The van der Waals surface area contributed by atoms with Gasteiger partial charge in [-0.2, -0.15) is 0 Å². The van der Waals surface area contributed by atoms with E-state index in [2.05, 4.69) is 5.32 Å². The summed E-state index contributed by atoms with van der Waals surface area (Å²) in [7, 11) is 0. The molecule has 0 aliphatic rings. The zero-order chi connectivity index (χ0) is 11.1. The van der Waals surface area contributed by atoms with Gasteiger partial charge in [-0.25, -0.2) is 0 Å². The number of hydrogen-bond acceptors (Lipinski definition) is 3. The van der Waals surface area contributed by atoms with Crippen molar-refractivity contribution < 1.29 is 14.7 Å². The number of aliphatic hydroxyl groups excluding tert-OH is 1. The van der Waals surface area contributed by atoms with Crippen LogP contribution in [0.4, 0.5) is 0 Å². The van der Waals surface area contributed by atoms with Gasteiger partial charge in [0.05, 0.1) is 13.0 Å². The number of carbonyl (C=O) groups excluding carboxylic acids is 2. The molecule has 1 aromatic carbocycles. The summed E-state index contributed by atoms with van der Waals surface area (Å²) in [5.74, 6) is -0.271. The minimum atomic E-state index is -0.804. The van der Waals surface area contributed by atoms with Crippen molar-refractivity contribution in [2.45, 2.75) is 12.5 Å². The quantitative estimate of drug-likeness (QED) is 0.663. The van der Waals surface area contributed by atoms with Crippen LogP contribution in [0.1, 0.15) is 5.56 Å². The lowest BCUT2D eigenvalue weighted by Crippen LogP contribution is -2.39. The van der Waals surface area contributed by atoms with E-state index in [0.717, 1.165) is 5.56 Å². The molecular formula is C11H13NO3. The van der Waals surface area contributed by atoms with E-state index in [-0.39, 0.29) is 18.9 Å². The standard InChI is InChI=1S/C11H13NO3/c13-7-10(8-14)12-11(15)6-9-4-2-1-3-5-9/h1-5,7,10,14H,6,8H2,(H,12,15)/t10-/m1/s1. The summed E-state index contributed by atoms with van der Waals surface area (Å²) in [6, 6.07) is 8.39. The van der Waals surface area contributed by atoms with Crippen molar-refractivity contribution in [3.05, 3.63) is 35.9 Å². The van der Waals surface area contributed by atoms with Gasteiger partial charge in [-0.05, 0) is 5.56 Å². The molecule has 0 saturated carbocycles. The number of aliphatic hydroxyl groups is 1. The van der Waals surface area contributed by atoms with Crippen LogP contribution in [0, 0.1) is 0 Å². The summed E-state index contributed by atoms with van der Waals surface area (Å²) < 4.78 is 0. The largest absolute Gasteiger partial charge is 0.394 e. The van der Waals surface area contributed by atoms with Gasteiger partial charge in [0.25, 0.3) is 0 Å². The Labute approximate surface area is 87.9 Å². The Hall–Kier alpha value is -1.68. The second-order valence-corrected chi connectivity index (χ2v) is 3.16. The van der Waals surface area contributed by atoms with Crippen LogP contribution in [-0.4, -0.2) is 29.9 Å². The molecular weight excluding hydrogens is 194 g/mol. The maximum Gasteiger partial charge on any atom is 0.225 e. The van der Waals surface area contributed by atoms with Crippen molar-refractivity contribution in [1.29, 1.82) is 0 Å². The second-order valence-electron chi connectivity index (χ2n) is 3.16. The van der Waals surface area contributed by atoms with Gasteiger partial charge in [0.2, 0.25) is 5.91 Å². The average molecular weight is 207 g/mol. The van der Waals surface area contributed by atoms with Crippen LogP contribution in [0.5, 0.6) is 0 Å². The molecule has 0 aromatic heterocycles. The zero-order valence-electron chi connectivity index (χ0n) is 8.22. The van der Waals surface area contributed by atoms with Gasteiger partial charge < -0.3 is 15.2 Å². The minimum absolute atomic E-state index is 0.213. The molecule has 0 bridgehead atoms. The Kier molecular flexibility index (Phi) is 4.50. The van der Waals surface area contributed by atoms with Crippen molar-refractivity contribution in [3.63, 3.8) is 0 Å². The fourth-order valence-corrected chi connectivity index (χ4v) is 1.16. The van der Waals surface area contributed by atoms with Crippen molar-refractivity contribution in [2.75, 3.05) is 6.61 Å². The van der Waals surface area contributed by atoms with Gasteiger partial charge >= 0.3 is 0 Å². The molecule has 4 heteroatoms. The van der Waals surface area contributed by atoms with Crippen LogP contribution in [0.25, 0.3) is 0 Å². The molecule has 0 aliphatic carbocycles. The third-order valence-corrected chi connectivity index (χ3v) is 1.91. The number of amides is 1. The van der Waals surface area contributed by atoms with Gasteiger partial charge in [0.15, 0.2) is 0 Å². The summed E-state index contributed by atoms with van der Waals surface area (Å²) in [5, 5.41) is 11.1. The maximum absolute atomic E-state index is 11.4. The lowest BCUT2D eigenvalue weighted by atomic mass is 10.1. The Bertz CT molecular complexity index is 324. The number of benzene rings is 1. The van der Waals surface area contributed by atoms with Crippen molar-refractivity contribution in [1.82, 2.24) is 5.32 Å². The van der Waals surface area contributed by atoms with Crippen molar-refractivity contribution >= 4 is 12.2 Å². The highest BCUT2D eigenvalue weighted by molar-refractivity contribution is 5.81. The Morgan fingerprint density at radius 2 is 2.07 bits per heavy atom. The highest BCUT2D eigenvalue weighted by atomic mass is 16.3. The molecule has 0 fully saturated rings. The Morgan fingerprint density at radius 3 is 2.60 bits per heavy atom. The van der Waals surface area contributed by atoms with Gasteiger partial charge in [-0.15, -0.1) is 0 Å². The number of rotatable bonds is 5. The number of nitrogens with one attached hydrogen (secondary N) is 1. The molecule has 0 radical (unpaired) electrons. The zero-order valence-corrected chi connectivity index (χ0v) is 8.22. The van der Waals surface area contributed by atoms with Crippen LogP contribution in [-0.2, 0) is 16.0 Å². The first-order valence-electron chi connectivity index (χ1n) is 4.65. The lowest BCUT2D eigenvalue weighted by Gasteiger charge is -2.09. The Balaban J connectivity index is 2.46. The van der Waals surface area contributed by atoms with E-state index in [4.69, 9.17) is 5.11 Å². The molecule has 1 atom stereocenters. The molecule has 1 amide bonds. The van der Waals surface area contributed by atoms with Gasteiger partial charge in [0, 0.05) is 0 Å². The molecule has 4 nitrogen and oxygen atoms in total. The van der Waals surface area contributed by atoms with Crippen molar-refractivity contribution in [2.24, 2.45) is 0 Å². The molecule has 2 N–H and O–H groups in total. The molecule has 1 rings (SSSR count). The number of hydrogen-bond donors (Lipinski definition) is 2. The normalized spacial score (nSPS) is 11.8. The molecule has 0 saturated heterocycles. The molecule has 1 aromatic rings. The summed E-state index contributed by atoms with van der Waals surface area (Å²) in [6.45, 7) is -0.371. The van der Waals surface area contributed by atoms with Crippen LogP contribution >= 0.6 is 0 Å². The van der Waals surface area contributed by atoms with E-state index >= 15 is 0 Å². The highest BCUT2D eigenvalue weighted by Crippen LogP contribution is 1.99. The summed E-state index contributed by atoms with van der Waals surface area (Å²) >= 11 is 0. The monoisotopic (exact) mass is 207 g/mol. The smallest absolute Gasteiger partial charge is 0.225 e. The first kappa shape index (κ1) is 11.4. The third kappa shape index (κ3) is 3.91. The Morgan fingerprint density at radius 1 is 1.40 bits per heavy atom. The SMILES string of the molecule is O=C[C@H](CO)NC(=O)Cc1ccccc1. The average Bonchev–Trinajstić information content (AvgIpc) is 2.27. The second kappa shape index (κ2) is 5.93. The summed E-state index contributed by atoms with van der Waals surface area (Å²) in [5.41, 5.74) is 0.873. The van der Waals surface area contributed by atoms with Gasteiger partial charge in [0.1, 0.15) is 12.3 Å². The fourth-order valence-electron chi connectivity index (χ4n) is 1.16. The van der Waals surface area contributed by atoms with E-state index in [0.29, 0.717) is 6.29 Å².